The lowest BCUT2D eigenvalue weighted by molar-refractivity contribution is -0.136. The van der Waals surface area contributed by atoms with E-state index in [9.17, 15) is 14.4 Å². The Morgan fingerprint density at radius 3 is 2.58 bits per heavy atom. The number of hydrogen-bond donors (Lipinski definition) is 2. The summed E-state index contributed by atoms with van der Waals surface area (Å²) >= 11 is 0. The monoisotopic (exact) mass is 327 g/mol. The molecule has 3 amide bonds. The van der Waals surface area contributed by atoms with Gasteiger partial charge in [0.15, 0.2) is 0 Å². The molecule has 3 heterocycles. The number of nitrogens with one attached hydrogen (secondary N) is 2. The van der Waals surface area contributed by atoms with E-state index in [4.69, 9.17) is 0 Å². The summed E-state index contributed by atoms with van der Waals surface area (Å²) in [5.41, 5.74) is 2.91. The standard InChI is InChI=1S/C18H21N3O3/c22-16-4-3-15(17(23)20-16)21-10-13-2-1-12(9-14(13)18(21)24)11-5-7-19-8-6-11/h1-2,9,11,15,19H,3-8,10H2,(H,20,22,23). The van der Waals surface area contributed by atoms with E-state index in [1.807, 2.05) is 12.1 Å². The quantitative estimate of drug-likeness (QED) is 0.792. The van der Waals surface area contributed by atoms with Gasteiger partial charge in [-0.3, -0.25) is 19.7 Å². The Morgan fingerprint density at radius 1 is 1.04 bits per heavy atom. The van der Waals surface area contributed by atoms with Crippen molar-refractivity contribution in [3.8, 4) is 0 Å². The molecule has 2 saturated heterocycles. The first-order chi connectivity index (χ1) is 11.6. The van der Waals surface area contributed by atoms with Crippen LogP contribution in [0.5, 0.6) is 0 Å². The van der Waals surface area contributed by atoms with Crippen molar-refractivity contribution < 1.29 is 14.4 Å². The lowest BCUT2D eigenvalue weighted by Crippen LogP contribution is -2.52. The van der Waals surface area contributed by atoms with Crippen LogP contribution in [0.4, 0.5) is 0 Å². The van der Waals surface area contributed by atoms with E-state index in [0.717, 1.165) is 37.1 Å². The zero-order chi connectivity index (χ0) is 16.7. The number of carbonyl (C=O) groups excluding carboxylic acids is 3. The van der Waals surface area contributed by atoms with Crippen molar-refractivity contribution in [2.24, 2.45) is 0 Å². The highest BCUT2D eigenvalue weighted by Crippen LogP contribution is 2.32. The minimum Gasteiger partial charge on any atom is -0.322 e. The average Bonchev–Trinajstić information content (AvgIpc) is 2.92. The zero-order valence-corrected chi connectivity index (χ0v) is 13.5. The molecular formula is C18H21N3O3. The number of fused-ring (bicyclic) bond motifs is 1. The van der Waals surface area contributed by atoms with Crippen LogP contribution < -0.4 is 10.6 Å². The van der Waals surface area contributed by atoms with Gasteiger partial charge in [0, 0.05) is 18.5 Å². The summed E-state index contributed by atoms with van der Waals surface area (Å²) in [5, 5.41) is 5.69. The molecule has 0 bridgehead atoms. The second kappa shape index (κ2) is 6.02. The topological polar surface area (TPSA) is 78.5 Å². The largest absolute Gasteiger partial charge is 0.322 e. The maximum atomic E-state index is 12.8. The molecule has 0 spiro atoms. The van der Waals surface area contributed by atoms with Gasteiger partial charge in [-0.25, -0.2) is 0 Å². The molecule has 0 saturated carbocycles. The Morgan fingerprint density at radius 2 is 1.83 bits per heavy atom. The number of nitrogens with zero attached hydrogens (tertiary/aromatic N) is 1. The van der Waals surface area contributed by atoms with Crippen LogP contribution in [0.1, 0.15) is 53.1 Å². The summed E-state index contributed by atoms with van der Waals surface area (Å²) in [6.07, 6.45) is 2.87. The Labute approximate surface area is 140 Å². The number of imide groups is 1. The molecule has 0 aliphatic carbocycles. The van der Waals surface area contributed by atoms with Crippen LogP contribution in [0.25, 0.3) is 0 Å². The van der Waals surface area contributed by atoms with E-state index < -0.39 is 6.04 Å². The van der Waals surface area contributed by atoms with E-state index >= 15 is 0 Å². The summed E-state index contributed by atoms with van der Waals surface area (Å²) in [5.74, 6) is -0.205. The van der Waals surface area contributed by atoms with E-state index in [2.05, 4.69) is 16.7 Å². The van der Waals surface area contributed by atoms with Gasteiger partial charge in [-0.1, -0.05) is 12.1 Å². The van der Waals surface area contributed by atoms with Crippen LogP contribution >= 0.6 is 0 Å². The minimum absolute atomic E-state index is 0.0877. The number of benzene rings is 1. The van der Waals surface area contributed by atoms with Gasteiger partial charge < -0.3 is 10.2 Å². The maximum absolute atomic E-state index is 12.8. The summed E-state index contributed by atoms with van der Waals surface area (Å²) in [6, 6.07) is 5.62. The van der Waals surface area contributed by atoms with Crippen molar-refractivity contribution in [3.63, 3.8) is 0 Å². The molecule has 3 aliphatic rings. The summed E-state index contributed by atoms with van der Waals surface area (Å²) < 4.78 is 0. The highest BCUT2D eigenvalue weighted by atomic mass is 16.2. The molecule has 1 aromatic carbocycles. The van der Waals surface area contributed by atoms with E-state index in [1.165, 1.54) is 5.56 Å². The maximum Gasteiger partial charge on any atom is 0.255 e. The zero-order valence-electron chi connectivity index (χ0n) is 13.5. The third-order valence-electron chi connectivity index (χ3n) is 5.36. The summed E-state index contributed by atoms with van der Waals surface area (Å²) in [7, 11) is 0. The first-order valence-electron chi connectivity index (χ1n) is 8.61. The molecule has 0 radical (unpaired) electrons. The molecule has 6 nitrogen and oxygen atoms in total. The SMILES string of the molecule is O=C1CCC(N2Cc3ccc(C4CCNCC4)cc3C2=O)C(=O)N1. The lowest BCUT2D eigenvalue weighted by Gasteiger charge is -2.29. The van der Waals surface area contributed by atoms with Gasteiger partial charge in [0.05, 0.1) is 0 Å². The minimum atomic E-state index is -0.537. The third-order valence-corrected chi connectivity index (χ3v) is 5.36. The number of hydrogen-bond acceptors (Lipinski definition) is 4. The molecule has 0 aromatic heterocycles. The van der Waals surface area contributed by atoms with Gasteiger partial charge >= 0.3 is 0 Å². The second-order valence-electron chi connectivity index (χ2n) is 6.84. The normalized spacial score (nSPS) is 24.9. The highest BCUT2D eigenvalue weighted by Gasteiger charge is 2.39. The van der Waals surface area contributed by atoms with Crippen molar-refractivity contribution in [1.29, 1.82) is 0 Å². The molecule has 3 aliphatic heterocycles. The van der Waals surface area contributed by atoms with Gasteiger partial charge in [-0.2, -0.15) is 0 Å². The molecule has 2 fully saturated rings. The number of amides is 3. The molecule has 1 unspecified atom stereocenters. The van der Waals surface area contributed by atoms with Crippen molar-refractivity contribution in [3.05, 3.63) is 34.9 Å². The molecular weight excluding hydrogens is 306 g/mol. The van der Waals surface area contributed by atoms with E-state index in [1.54, 1.807) is 4.90 Å². The predicted octanol–water partition coefficient (Wildman–Crippen LogP) is 0.915. The second-order valence-corrected chi connectivity index (χ2v) is 6.84. The van der Waals surface area contributed by atoms with Crippen LogP contribution in [0.15, 0.2) is 18.2 Å². The van der Waals surface area contributed by atoms with Gasteiger partial charge in [0.1, 0.15) is 6.04 Å². The molecule has 2 N–H and O–H groups in total. The van der Waals surface area contributed by atoms with Crippen molar-refractivity contribution >= 4 is 17.7 Å². The molecule has 1 aromatic rings. The van der Waals surface area contributed by atoms with Gasteiger partial charge in [0.25, 0.3) is 5.91 Å². The number of piperidine rings is 2. The first kappa shape index (κ1) is 15.3. The number of rotatable bonds is 2. The van der Waals surface area contributed by atoms with Gasteiger partial charge in [-0.05, 0) is 55.5 Å². The third kappa shape index (κ3) is 2.60. The Bertz CT molecular complexity index is 709. The molecule has 24 heavy (non-hydrogen) atoms. The van der Waals surface area contributed by atoms with Crippen LogP contribution in [-0.2, 0) is 16.1 Å². The highest BCUT2D eigenvalue weighted by molar-refractivity contribution is 6.05. The van der Waals surface area contributed by atoms with E-state index in [-0.39, 0.29) is 24.1 Å². The van der Waals surface area contributed by atoms with Gasteiger partial charge in [-0.15, -0.1) is 0 Å². The fraction of sp³-hybridized carbons (Fsp3) is 0.500. The van der Waals surface area contributed by atoms with Gasteiger partial charge in [0.2, 0.25) is 11.8 Å². The van der Waals surface area contributed by atoms with Crippen molar-refractivity contribution in [2.45, 2.75) is 44.2 Å². The summed E-state index contributed by atoms with van der Waals surface area (Å²) in [6.45, 7) is 2.48. The Hall–Kier alpha value is -2.21. The van der Waals surface area contributed by atoms with Crippen molar-refractivity contribution in [2.75, 3.05) is 13.1 Å². The van der Waals surface area contributed by atoms with Crippen LogP contribution in [0, 0.1) is 0 Å². The van der Waals surface area contributed by atoms with Crippen LogP contribution in [-0.4, -0.2) is 41.8 Å². The van der Waals surface area contributed by atoms with Crippen LogP contribution in [0.2, 0.25) is 0 Å². The number of carbonyl (C=O) groups is 3. The average molecular weight is 327 g/mol. The lowest BCUT2D eigenvalue weighted by atomic mass is 9.88. The van der Waals surface area contributed by atoms with E-state index in [0.29, 0.717) is 18.9 Å². The Balaban J connectivity index is 1.56. The van der Waals surface area contributed by atoms with Crippen molar-refractivity contribution in [1.82, 2.24) is 15.5 Å². The Kier molecular flexibility index (Phi) is 3.84. The fourth-order valence-corrected chi connectivity index (χ4v) is 3.98. The first-order valence-corrected chi connectivity index (χ1v) is 8.61. The smallest absolute Gasteiger partial charge is 0.255 e. The molecule has 4 rings (SSSR count). The molecule has 1 atom stereocenters. The molecule has 126 valence electrons. The van der Waals surface area contributed by atoms with Crippen LogP contribution in [0.3, 0.4) is 0 Å². The molecule has 6 heteroatoms. The predicted molar refractivity (Wildman–Crippen MR) is 87.3 cm³/mol. The fourth-order valence-electron chi connectivity index (χ4n) is 3.98. The summed E-state index contributed by atoms with van der Waals surface area (Å²) in [4.78, 5) is 37.8.